The summed E-state index contributed by atoms with van der Waals surface area (Å²) in [5.41, 5.74) is 3.82. The van der Waals surface area contributed by atoms with Crippen LogP contribution in [-0.4, -0.2) is 5.88 Å². The van der Waals surface area contributed by atoms with Crippen LogP contribution in [0.25, 0.3) is 0 Å². The predicted molar refractivity (Wildman–Crippen MR) is 77.9 cm³/mol. The second-order valence-electron chi connectivity index (χ2n) is 4.49. The number of aryl methyl sites for hydroxylation is 1. The molecule has 1 unspecified atom stereocenters. The average molecular weight is 260 g/mol. The van der Waals surface area contributed by atoms with E-state index in [0.717, 1.165) is 6.54 Å². The van der Waals surface area contributed by atoms with Crippen LogP contribution < -0.4 is 5.32 Å². The number of hydrogen-bond acceptors (Lipinski definition) is 1. The van der Waals surface area contributed by atoms with E-state index in [0.29, 0.717) is 5.88 Å². The molecule has 2 aromatic rings. The van der Waals surface area contributed by atoms with Crippen molar-refractivity contribution in [2.75, 3.05) is 5.88 Å². The lowest BCUT2D eigenvalue weighted by molar-refractivity contribution is 0.579. The molecule has 2 heteroatoms. The molecular weight excluding hydrogens is 242 g/mol. The maximum absolute atomic E-state index is 6.04. The van der Waals surface area contributed by atoms with E-state index in [4.69, 9.17) is 11.6 Å². The first-order valence-electron chi connectivity index (χ1n) is 6.19. The van der Waals surface area contributed by atoms with Gasteiger partial charge in [-0.25, -0.2) is 0 Å². The van der Waals surface area contributed by atoms with E-state index in [1.807, 2.05) is 18.2 Å². The molecule has 0 heterocycles. The van der Waals surface area contributed by atoms with Gasteiger partial charge in [0, 0.05) is 18.5 Å². The maximum Gasteiger partial charge on any atom is 0.0460 e. The van der Waals surface area contributed by atoms with Gasteiger partial charge in [0.25, 0.3) is 0 Å². The highest BCUT2D eigenvalue weighted by Crippen LogP contribution is 2.15. The second-order valence-corrected chi connectivity index (χ2v) is 4.80. The van der Waals surface area contributed by atoms with Crippen LogP contribution in [0.1, 0.15) is 22.7 Å². The van der Waals surface area contributed by atoms with E-state index < -0.39 is 0 Å². The van der Waals surface area contributed by atoms with Crippen LogP contribution in [0.2, 0.25) is 0 Å². The Morgan fingerprint density at radius 3 is 2.50 bits per heavy atom. The first kappa shape index (κ1) is 13.1. The summed E-state index contributed by atoms with van der Waals surface area (Å²) in [7, 11) is 0. The topological polar surface area (TPSA) is 12.0 Å². The van der Waals surface area contributed by atoms with Gasteiger partial charge in [0.1, 0.15) is 0 Å². The van der Waals surface area contributed by atoms with Crippen LogP contribution in [0, 0.1) is 6.92 Å². The van der Waals surface area contributed by atoms with Crippen molar-refractivity contribution in [3.05, 3.63) is 71.3 Å². The van der Waals surface area contributed by atoms with Gasteiger partial charge in [-0.1, -0.05) is 60.2 Å². The first-order valence-corrected chi connectivity index (χ1v) is 6.73. The number of hydrogen-bond donors (Lipinski definition) is 1. The standard InChI is InChI=1S/C16H18ClN/c1-13-6-5-7-14(10-13)12-18-16(11-17)15-8-3-2-4-9-15/h2-10,16,18H,11-12H2,1H3. The van der Waals surface area contributed by atoms with Crippen molar-refractivity contribution in [3.8, 4) is 0 Å². The molecule has 1 atom stereocenters. The van der Waals surface area contributed by atoms with Crippen molar-refractivity contribution >= 4 is 11.6 Å². The number of rotatable bonds is 5. The number of halogens is 1. The Hall–Kier alpha value is -1.31. The first-order chi connectivity index (χ1) is 8.79. The highest BCUT2D eigenvalue weighted by molar-refractivity contribution is 6.18. The van der Waals surface area contributed by atoms with Gasteiger partial charge in [0.15, 0.2) is 0 Å². The Bertz CT molecular complexity index is 481. The van der Waals surface area contributed by atoms with Crippen molar-refractivity contribution in [2.24, 2.45) is 0 Å². The molecule has 18 heavy (non-hydrogen) atoms. The van der Waals surface area contributed by atoms with E-state index in [9.17, 15) is 0 Å². The third-order valence-electron chi connectivity index (χ3n) is 2.99. The molecule has 0 aromatic heterocycles. The Morgan fingerprint density at radius 1 is 1.06 bits per heavy atom. The Labute approximate surface area is 114 Å². The minimum atomic E-state index is 0.202. The molecule has 0 bridgehead atoms. The maximum atomic E-state index is 6.04. The van der Waals surface area contributed by atoms with Gasteiger partial charge in [0.05, 0.1) is 0 Å². The molecular formula is C16H18ClN. The van der Waals surface area contributed by atoms with Gasteiger partial charge < -0.3 is 5.32 Å². The molecule has 0 radical (unpaired) electrons. The van der Waals surface area contributed by atoms with Crippen LogP contribution in [0.3, 0.4) is 0 Å². The van der Waals surface area contributed by atoms with Crippen molar-refractivity contribution in [1.82, 2.24) is 5.32 Å². The molecule has 1 N–H and O–H groups in total. The zero-order chi connectivity index (χ0) is 12.8. The summed E-state index contributed by atoms with van der Waals surface area (Å²) in [6, 6.07) is 19.1. The SMILES string of the molecule is Cc1cccc(CNC(CCl)c2ccccc2)c1. The molecule has 0 fully saturated rings. The normalized spacial score (nSPS) is 12.3. The fourth-order valence-electron chi connectivity index (χ4n) is 2.01. The van der Waals surface area contributed by atoms with Gasteiger partial charge in [-0.15, -0.1) is 11.6 Å². The van der Waals surface area contributed by atoms with Crippen molar-refractivity contribution in [1.29, 1.82) is 0 Å². The average Bonchev–Trinajstić information content (AvgIpc) is 2.41. The minimum Gasteiger partial charge on any atom is -0.305 e. The molecule has 0 saturated heterocycles. The predicted octanol–water partition coefficient (Wildman–Crippen LogP) is 4.06. The molecule has 0 aliphatic carbocycles. The molecule has 2 aromatic carbocycles. The fraction of sp³-hybridized carbons (Fsp3) is 0.250. The Balaban J connectivity index is 2.00. The monoisotopic (exact) mass is 259 g/mol. The quantitative estimate of drug-likeness (QED) is 0.799. The van der Waals surface area contributed by atoms with E-state index in [1.165, 1.54) is 16.7 Å². The number of benzene rings is 2. The second kappa shape index (κ2) is 6.58. The molecule has 94 valence electrons. The highest BCUT2D eigenvalue weighted by Gasteiger charge is 2.08. The number of nitrogens with one attached hydrogen (secondary N) is 1. The summed E-state index contributed by atoms with van der Waals surface area (Å²) in [5.74, 6) is 0.579. The van der Waals surface area contributed by atoms with Crippen LogP contribution in [0.4, 0.5) is 0 Å². The van der Waals surface area contributed by atoms with Crippen molar-refractivity contribution in [2.45, 2.75) is 19.5 Å². The zero-order valence-corrected chi connectivity index (χ0v) is 11.3. The van der Waals surface area contributed by atoms with Gasteiger partial charge in [-0.05, 0) is 18.1 Å². The summed E-state index contributed by atoms with van der Waals surface area (Å²) in [6.07, 6.45) is 0. The van der Waals surface area contributed by atoms with E-state index >= 15 is 0 Å². The van der Waals surface area contributed by atoms with E-state index in [-0.39, 0.29) is 6.04 Å². The molecule has 0 aliphatic rings. The lowest BCUT2D eigenvalue weighted by atomic mass is 10.1. The molecule has 0 saturated carbocycles. The molecule has 0 amide bonds. The third kappa shape index (κ3) is 3.59. The van der Waals surface area contributed by atoms with Crippen LogP contribution in [0.5, 0.6) is 0 Å². The highest BCUT2D eigenvalue weighted by atomic mass is 35.5. The lowest BCUT2D eigenvalue weighted by Crippen LogP contribution is -2.22. The third-order valence-corrected chi connectivity index (χ3v) is 3.30. The smallest absolute Gasteiger partial charge is 0.0460 e. The van der Waals surface area contributed by atoms with E-state index in [2.05, 4.69) is 48.6 Å². The number of alkyl halides is 1. The summed E-state index contributed by atoms with van der Waals surface area (Å²) in [6.45, 7) is 2.95. The molecule has 0 aliphatic heterocycles. The van der Waals surface area contributed by atoms with Gasteiger partial charge in [-0.2, -0.15) is 0 Å². The van der Waals surface area contributed by atoms with E-state index in [1.54, 1.807) is 0 Å². The zero-order valence-electron chi connectivity index (χ0n) is 10.6. The van der Waals surface area contributed by atoms with Gasteiger partial charge in [-0.3, -0.25) is 0 Å². The van der Waals surface area contributed by atoms with Crippen molar-refractivity contribution in [3.63, 3.8) is 0 Å². The lowest BCUT2D eigenvalue weighted by Gasteiger charge is -2.16. The summed E-state index contributed by atoms with van der Waals surface area (Å²) >= 11 is 6.04. The molecule has 0 spiro atoms. The van der Waals surface area contributed by atoms with Gasteiger partial charge in [0.2, 0.25) is 0 Å². The largest absolute Gasteiger partial charge is 0.305 e. The van der Waals surface area contributed by atoms with Crippen LogP contribution in [0.15, 0.2) is 54.6 Å². The Morgan fingerprint density at radius 2 is 1.83 bits per heavy atom. The molecule has 2 rings (SSSR count). The fourth-order valence-corrected chi connectivity index (χ4v) is 2.30. The van der Waals surface area contributed by atoms with Crippen LogP contribution in [-0.2, 0) is 6.54 Å². The Kier molecular flexibility index (Phi) is 4.80. The minimum absolute atomic E-state index is 0.202. The summed E-state index contributed by atoms with van der Waals surface area (Å²) in [4.78, 5) is 0. The molecule has 1 nitrogen and oxygen atoms in total. The summed E-state index contributed by atoms with van der Waals surface area (Å²) in [5, 5.41) is 3.50. The summed E-state index contributed by atoms with van der Waals surface area (Å²) < 4.78 is 0. The van der Waals surface area contributed by atoms with Crippen LogP contribution >= 0.6 is 11.6 Å². The van der Waals surface area contributed by atoms with Crippen molar-refractivity contribution < 1.29 is 0 Å². The van der Waals surface area contributed by atoms with Gasteiger partial charge >= 0.3 is 0 Å².